The zero-order valence-corrected chi connectivity index (χ0v) is 10.8. The molecule has 92 valence electrons. The van der Waals surface area contributed by atoms with Crippen LogP contribution < -0.4 is 5.32 Å². The maximum absolute atomic E-state index is 3.50. The molecule has 1 aromatic rings. The van der Waals surface area contributed by atoms with Crippen LogP contribution in [-0.4, -0.2) is 31.6 Å². The van der Waals surface area contributed by atoms with Gasteiger partial charge >= 0.3 is 0 Å². The molecule has 0 spiro atoms. The Morgan fingerprint density at radius 3 is 2.76 bits per heavy atom. The Balaban J connectivity index is 1.78. The maximum atomic E-state index is 3.50. The Morgan fingerprint density at radius 1 is 1.29 bits per heavy atom. The fourth-order valence-corrected chi connectivity index (χ4v) is 3.18. The highest BCUT2D eigenvalue weighted by molar-refractivity contribution is 5.37. The number of benzene rings is 1. The number of likely N-dealkylation sites (N-methyl/N-ethyl adjacent to an activating group) is 2. The molecule has 1 fully saturated rings. The quantitative estimate of drug-likeness (QED) is 0.853. The van der Waals surface area contributed by atoms with Crippen molar-refractivity contribution in [2.45, 2.75) is 31.3 Å². The van der Waals surface area contributed by atoms with E-state index in [1.54, 1.807) is 0 Å². The summed E-state index contributed by atoms with van der Waals surface area (Å²) in [7, 11) is 4.38. The smallest absolute Gasteiger partial charge is 0.0481 e. The van der Waals surface area contributed by atoms with Gasteiger partial charge in [-0.25, -0.2) is 0 Å². The first-order valence-corrected chi connectivity index (χ1v) is 6.75. The molecule has 2 aliphatic carbocycles. The highest BCUT2D eigenvalue weighted by Crippen LogP contribution is 2.36. The van der Waals surface area contributed by atoms with Crippen molar-refractivity contribution >= 4 is 0 Å². The van der Waals surface area contributed by atoms with Crippen molar-refractivity contribution in [2.75, 3.05) is 20.6 Å². The van der Waals surface area contributed by atoms with Crippen LogP contribution in [0.3, 0.4) is 0 Å². The maximum Gasteiger partial charge on any atom is 0.0481 e. The Morgan fingerprint density at radius 2 is 2.06 bits per heavy atom. The number of fused-ring (bicyclic) bond motifs is 1. The van der Waals surface area contributed by atoms with Crippen LogP contribution in [0.5, 0.6) is 0 Å². The van der Waals surface area contributed by atoms with E-state index < -0.39 is 0 Å². The van der Waals surface area contributed by atoms with Gasteiger partial charge in [0, 0.05) is 18.6 Å². The molecule has 2 heteroatoms. The van der Waals surface area contributed by atoms with Crippen molar-refractivity contribution in [3.8, 4) is 0 Å². The third-order valence-electron chi connectivity index (χ3n) is 4.32. The Bertz CT molecular complexity index is 398. The van der Waals surface area contributed by atoms with Gasteiger partial charge in [0.05, 0.1) is 0 Å². The van der Waals surface area contributed by atoms with Crippen molar-refractivity contribution < 1.29 is 0 Å². The van der Waals surface area contributed by atoms with Gasteiger partial charge in [0.15, 0.2) is 0 Å². The van der Waals surface area contributed by atoms with E-state index in [4.69, 9.17) is 0 Å². The Kier molecular flexibility index (Phi) is 2.93. The number of hydrogen-bond donors (Lipinski definition) is 1. The van der Waals surface area contributed by atoms with Crippen molar-refractivity contribution in [1.29, 1.82) is 0 Å². The molecule has 3 rings (SSSR count). The van der Waals surface area contributed by atoms with Gasteiger partial charge < -0.3 is 10.2 Å². The highest BCUT2D eigenvalue weighted by atomic mass is 15.2. The third-order valence-corrected chi connectivity index (χ3v) is 4.32. The van der Waals surface area contributed by atoms with Crippen molar-refractivity contribution in [3.05, 3.63) is 35.4 Å². The van der Waals surface area contributed by atoms with Crippen LogP contribution in [0.1, 0.15) is 30.0 Å². The minimum atomic E-state index is 0.509. The van der Waals surface area contributed by atoms with Crippen LogP contribution in [-0.2, 0) is 6.42 Å². The summed E-state index contributed by atoms with van der Waals surface area (Å²) >= 11 is 0. The average molecular weight is 230 g/mol. The summed E-state index contributed by atoms with van der Waals surface area (Å²) in [5.41, 5.74) is 3.03. The Hall–Kier alpha value is -0.860. The molecule has 1 N–H and O–H groups in total. The normalized spacial score (nSPS) is 27.5. The molecule has 2 aliphatic rings. The molecule has 0 bridgehead atoms. The van der Waals surface area contributed by atoms with Gasteiger partial charge in [-0.2, -0.15) is 0 Å². The highest BCUT2D eigenvalue weighted by Gasteiger charge is 2.35. The van der Waals surface area contributed by atoms with Gasteiger partial charge in [0.1, 0.15) is 0 Å². The predicted octanol–water partition coefficient (Wildman–Crippen LogP) is 2.21. The molecule has 1 aromatic carbocycles. The summed E-state index contributed by atoms with van der Waals surface area (Å²) in [6.07, 6.45) is 4.08. The van der Waals surface area contributed by atoms with E-state index in [1.807, 2.05) is 0 Å². The van der Waals surface area contributed by atoms with Crippen LogP contribution >= 0.6 is 0 Å². The van der Waals surface area contributed by atoms with Crippen LogP contribution in [0.4, 0.5) is 0 Å². The summed E-state index contributed by atoms with van der Waals surface area (Å²) in [4.78, 5) is 2.57. The lowest BCUT2D eigenvalue weighted by atomic mass is 10.1. The van der Waals surface area contributed by atoms with E-state index in [0.29, 0.717) is 12.1 Å². The molecule has 0 aliphatic heterocycles. The van der Waals surface area contributed by atoms with Crippen molar-refractivity contribution in [3.63, 3.8) is 0 Å². The van der Waals surface area contributed by atoms with Gasteiger partial charge in [0.25, 0.3) is 0 Å². The van der Waals surface area contributed by atoms with Gasteiger partial charge in [-0.3, -0.25) is 0 Å². The first kappa shape index (κ1) is 11.2. The second kappa shape index (κ2) is 4.43. The molecule has 0 heterocycles. The van der Waals surface area contributed by atoms with Crippen LogP contribution in [0, 0.1) is 5.92 Å². The third kappa shape index (κ3) is 2.12. The molecular formula is C15H22N2. The van der Waals surface area contributed by atoms with E-state index in [0.717, 1.165) is 5.92 Å². The first-order valence-electron chi connectivity index (χ1n) is 6.75. The largest absolute Gasteiger partial charge is 0.312 e. The summed E-state index contributed by atoms with van der Waals surface area (Å²) in [6, 6.07) is 10.0. The number of rotatable bonds is 4. The molecular weight excluding hydrogens is 208 g/mol. The second-order valence-corrected chi connectivity index (χ2v) is 5.62. The molecule has 0 saturated heterocycles. The summed E-state index contributed by atoms with van der Waals surface area (Å²) in [5, 5.41) is 3.50. The summed E-state index contributed by atoms with van der Waals surface area (Å²) in [6.45, 7) is 1.27. The van der Waals surface area contributed by atoms with Gasteiger partial charge in [0.2, 0.25) is 0 Å². The molecule has 2 atom stereocenters. The molecule has 17 heavy (non-hydrogen) atoms. The van der Waals surface area contributed by atoms with E-state index >= 15 is 0 Å². The average Bonchev–Trinajstić information content (AvgIpc) is 3.07. The Labute approximate surface area is 104 Å². The zero-order chi connectivity index (χ0) is 11.8. The molecule has 0 amide bonds. The van der Waals surface area contributed by atoms with E-state index in [1.165, 1.54) is 36.9 Å². The van der Waals surface area contributed by atoms with Gasteiger partial charge in [-0.15, -0.1) is 0 Å². The number of nitrogens with zero attached hydrogens (tertiary/aromatic N) is 1. The predicted molar refractivity (Wildman–Crippen MR) is 71.1 cm³/mol. The first-order chi connectivity index (χ1) is 8.29. The van der Waals surface area contributed by atoms with Crippen LogP contribution in [0.2, 0.25) is 0 Å². The molecule has 2 unspecified atom stereocenters. The lowest BCUT2D eigenvalue weighted by molar-refractivity contribution is 0.201. The van der Waals surface area contributed by atoms with Gasteiger partial charge in [-0.1, -0.05) is 24.3 Å². The SMILES string of the molecule is CNC1c2ccccc2CC1N(C)CC1CC1. The van der Waals surface area contributed by atoms with Crippen LogP contribution in [0.25, 0.3) is 0 Å². The van der Waals surface area contributed by atoms with Crippen molar-refractivity contribution in [1.82, 2.24) is 10.2 Å². The standard InChI is InChI=1S/C15H22N2/c1-16-15-13-6-4-3-5-12(13)9-14(15)17(2)10-11-7-8-11/h3-6,11,14-16H,7-10H2,1-2H3. The lowest BCUT2D eigenvalue weighted by Crippen LogP contribution is -2.40. The molecule has 1 saturated carbocycles. The molecule has 0 radical (unpaired) electrons. The second-order valence-electron chi connectivity index (χ2n) is 5.62. The topological polar surface area (TPSA) is 15.3 Å². The lowest BCUT2D eigenvalue weighted by Gasteiger charge is -2.29. The van der Waals surface area contributed by atoms with E-state index in [9.17, 15) is 0 Å². The minimum absolute atomic E-state index is 0.509. The molecule has 0 aromatic heterocycles. The summed E-state index contributed by atoms with van der Waals surface area (Å²) < 4.78 is 0. The number of nitrogens with one attached hydrogen (secondary N) is 1. The van der Waals surface area contributed by atoms with E-state index in [-0.39, 0.29) is 0 Å². The fourth-order valence-electron chi connectivity index (χ4n) is 3.18. The molecule has 2 nitrogen and oxygen atoms in total. The van der Waals surface area contributed by atoms with Crippen molar-refractivity contribution in [2.24, 2.45) is 5.92 Å². The number of hydrogen-bond acceptors (Lipinski definition) is 2. The minimum Gasteiger partial charge on any atom is -0.312 e. The van der Waals surface area contributed by atoms with Crippen LogP contribution in [0.15, 0.2) is 24.3 Å². The zero-order valence-electron chi connectivity index (χ0n) is 10.8. The van der Waals surface area contributed by atoms with Gasteiger partial charge in [-0.05, 0) is 50.4 Å². The summed E-state index contributed by atoms with van der Waals surface area (Å²) in [5.74, 6) is 0.973. The van der Waals surface area contributed by atoms with E-state index in [2.05, 4.69) is 48.6 Å². The fraction of sp³-hybridized carbons (Fsp3) is 0.600. The monoisotopic (exact) mass is 230 g/mol.